The van der Waals surface area contributed by atoms with E-state index in [1.807, 2.05) is 6.07 Å². The fourth-order valence-corrected chi connectivity index (χ4v) is 4.60. The Balaban J connectivity index is 1.42. The highest BCUT2D eigenvalue weighted by Crippen LogP contribution is 2.23. The van der Waals surface area contributed by atoms with Crippen molar-refractivity contribution in [2.24, 2.45) is 0 Å². The van der Waals surface area contributed by atoms with Crippen LogP contribution in [-0.4, -0.2) is 37.0 Å². The second-order valence-corrected chi connectivity index (χ2v) is 9.19. The van der Waals surface area contributed by atoms with Crippen molar-refractivity contribution < 1.29 is 4.79 Å². The molecule has 1 saturated carbocycles. The van der Waals surface area contributed by atoms with Crippen molar-refractivity contribution in [2.45, 2.75) is 71.5 Å². The number of benzene rings is 2. The van der Waals surface area contributed by atoms with Crippen LogP contribution in [0.3, 0.4) is 0 Å². The molecule has 0 saturated heterocycles. The van der Waals surface area contributed by atoms with Gasteiger partial charge in [0.1, 0.15) is 0 Å². The first-order valence-corrected chi connectivity index (χ1v) is 11.9. The number of hydrogen-bond acceptors (Lipinski definition) is 3. The Morgan fingerprint density at radius 3 is 2.52 bits per heavy atom. The van der Waals surface area contributed by atoms with Crippen molar-refractivity contribution in [1.82, 2.24) is 15.5 Å². The summed E-state index contributed by atoms with van der Waals surface area (Å²) in [5.74, 6) is 0.0314. The molecule has 2 aromatic rings. The Labute approximate surface area is 188 Å². The summed E-state index contributed by atoms with van der Waals surface area (Å²) < 4.78 is 0. The zero-order valence-electron chi connectivity index (χ0n) is 19.5. The van der Waals surface area contributed by atoms with E-state index in [1.165, 1.54) is 48.8 Å². The molecule has 0 spiro atoms. The predicted octanol–water partition coefficient (Wildman–Crippen LogP) is 4.98. The molecular weight excluding hydrogens is 382 g/mol. The number of nitrogens with one attached hydrogen (secondary N) is 2. The van der Waals surface area contributed by atoms with Gasteiger partial charge in [-0.1, -0.05) is 60.7 Å². The third-order valence-corrected chi connectivity index (χ3v) is 6.26. The quantitative estimate of drug-likeness (QED) is 0.532. The summed E-state index contributed by atoms with van der Waals surface area (Å²) >= 11 is 0. The van der Waals surface area contributed by atoms with E-state index in [4.69, 9.17) is 0 Å². The van der Waals surface area contributed by atoms with Gasteiger partial charge in [-0.05, 0) is 70.0 Å². The molecule has 0 bridgehead atoms. The van der Waals surface area contributed by atoms with Crippen LogP contribution in [0.2, 0.25) is 0 Å². The van der Waals surface area contributed by atoms with Crippen LogP contribution in [0, 0.1) is 13.8 Å². The van der Waals surface area contributed by atoms with Crippen molar-refractivity contribution in [3.05, 3.63) is 70.3 Å². The van der Waals surface area contributed by atoms with Crippen molar-refractivity contribution in [3.8, 4) is 0 Å². The Morgan fingerprint density at radius 1 is 0.968 bits per heavy atom. The van der Waals surface area contributed by atoms with E-state index in [2.05, 4.69) is 72.8 Å². The summed E-state index contributed by atoms with van der Waals surface area (Å²) in [4.78, 5) is 15.2. The molecule has 1 fully saturated rings. The van der Waals surface area contributed by atoms with Gasteiger partial charge in [0.15, 0.2) is 0 Å². The molecule has 4 nitrogen and oxygen atoms in total. The fourth-order valence-electron chi connectivity index (χ4n) is 4.60. The van der Waals surface area contributed by atoms with Gasteiger partial charge in [-0.3, -0.25) is 9.69 Å². The number of carbonyl (C=O) groups excluding carboxylic acids is 1. The lowest BCUT2D eigenvalue weighted by Gasteiger charge is -2.31. The monoisotopic (exact) mass is 421 g/mol. The average molecular weight is 422 g/mol. The van der Waals surface area contributed by atoms with Crippen LogP contribution in [0.5, 0.6) is 0 Å². The molecule has 1 aliphatic carbocycles. The molecule has 0 aliphatic heterocycles. The maximum Gasteiger partial charge on any atom is 0.251 e. The molecule has 1 amide bonds. The Kier molecular flexibility index (Phi) is 9.11. The summed E-state index contributed by atoms with van der Waals surface area (Å²) in [5.41, 5.74) is 5.75. The maximum absolute atomic E-state index is 12.7. The third-order valence-electron chi connectivity index (χ3n) is 6.26. The highest BCUT2D eigenvalue weighted by atomic mass is 16.1. The maximum atomic E-state index is 12.7. The van der Waals surface area contributed by atoms with Gasteiger partial charge in [-0.2, -0.15) is 0 Å². The minimum absolute atomic E-state index is 0.0314. The van der Waals surface area contributed by atoms with Crippen molar-refractivity contribution >= 4 is 5.91 Å². The van der Waals surface area contributed by atoms with Gasteiger partial charge < -0.3 is 10.6 Å². The lowest BCUT2D eigenvalue weighted by molar-refractivity contribution is 0.0953. The van der Waals surface area contributed by atoms with E-state index >= 15 is 0 Å². The summed E-state index contributed by atoms with van der Waals surface area (Å²) in [6, 6.07) is 15.5. The predicted molar refractivity (Wildman–Crippen MR) is 129 cm³/mol. The molecule has 3 rings (SSSR count). The smallest absolute Gasteiger partial charge is 0.251 e. The summed E-state index contributed by atoms with van der Waals surface area (Å²) in [7, 11) is 2.22. The number of carbonyl (C=O) groups is 1. The van der Waals surface area contributed by atoms with Gasteiger partial charge in [0.05, 0.1) is 0 Å². The van der Waals surface area contributed by atoms with Crippen LogP contribution < -0.4 is 10.6 Å². The molecule has 4 heteroatoms. The Bertz CT molecular complexity index is 842. The van der Waals surface area contributed by atoms with Crippen LogP contribution >= 0.6 is 0 Å². The first kappa shape index (κ1) is 23.5. The largest absolute Gasteiger partial charge is 0.352 e. The van der Waals surface area contributed by atoms with Gasteiger partial charge in [0.2, 0.25) is 0 Å². The standard InChI is InChI=1S/C27H39N3O/c1-21-9-7-10-23(15-21)19-28-13-8-14-29-27(31)25-17-22(2)16-24(18-25)20-30(3)26-11-5-4-6-12-26/h7,9-10,15-18,26,28H,4-6,8,11-14,19-20H2,1-3H3,(H,29,31). The minimum Gasteiger partial charge on any atom is -0.352 e. The van der Waals surface area contributed by atoms with Crippen LogP contribution in [0.4, 0.5) is 0 Å². The summed E-state index contributed by atoms with van der Waals surface area (Å²) in [5, 5.41) is 6.54. The molecule has 168 valence electrons. The van der Waals surface area contributed by atoms with E-state index in [0.29, 0.717) is 12.6 Å². The SMILES string of the molecule is Cc1cccc(CNCCCNC(=O)c2cc(C)cc(CN(C)C3CCCCC3)c2)c1. The van der Waals surface area contributed by atoms with Gasteiger partial charge >= 0.3 is 0 Å². The van der Waals surface area contributed by atoms with Crippen LogP contribution in [0.1, 0.15) is 71.1 Å². The van der Waals surface area contributed by atoms with E-state index in [1.54, 1.807) is 0 Å². The highest BCUT2D eigenvalue weighted by Gasteiger charge is 2.18. The van der Waals surface area contributed by atoms with E-state index in [-0.39, 0.29) is 5.91 Å². The van der Waals surface area contributed by atoms with Crippen molar-refractivity contribution in [3.63, 3.8) is 0 Å². The topological polar surface area (TPSA) is 44.4 Å². The van der Waals surface area contributed by atoms with Crippen LogP contribution in [0.15, 0.2) is 42.5 Å². The molecular formula is C27H39N3O. The minimum atomic E-state index is 0.0314. The molecule has 0 unspecified atom stereocenters. The highest BCUT2D eigenvalue weighted by molar-refractivity contribution is 5.94. The second-order valence-electron chi connectivity index (χ2n) is 9.19. The molecule has 0 radical (unpaired) electrons. The lowest BCUT2D eigenvalue weighted by atomic mass is 9.94. The summed E-state index contributed by atoms with van der Waals surface area (Å²) in [6.45, 7) is 7.55. The lowest BCUT2D eigenvalue weighted by Crippen LogP contribution is -2.33. The molecule has 31 heavy (non-hydrogen) atoms. The average Bonchev–Trinajstić information content (AvgIpc) is 2.76. The molecule has 0 heterocycles. The van der Waals surface area contributed by atoms with Crippen LogP contribution in [0.25, 0.3) is 0 Å². The van der Waals surface area contributed by atoms with E-state index in [0.717, 1.165) is 37.2 Å². The van der Waals surface area contributed by atoms with Gasteiger partial charge in [-0.25, -0.2) is 0 Å². The second kappa shape index (κ2) is 12.0. The molecule has 2 aromatic carbocycles. The Hall–Kier alpha value is -2.17. The van der Waals surface area contributed by atoms with Gasteiger partial charge in [0.25, 0.3) is 5.91 Å². The fraction of sp³-hybridized carbons (Fsp3) is 0.519. The third kappa shape index (κ3) is 7.79. The zero-order valence-corrected chi connectivity index (χ0v) is 19.5. The number of nitrogens with zero attached hydrogens (tertiary/aromatic N) is 1. The number of hydrogen-bond donors (Lipinski definition) is 2. The number of amides is 1. The zero-order chi connectivity index (χ0) is 22.1. The molecule has 0 atom stereocenters. The van der Waals surface area contributed by atoms with Gasteiger partial charge in [-0.15, -0.1) is 0 Å². The number of aryl methyl sites for hydroxylation is 2. The van der Waals surface area contributed by atoms with Crippen molar-refractivity contribution in [2.75, 3.05) is 20.1 Å². The van der Waals surface area contributed by atoms with Crippen LogP contribution in [-0.2, 0) is 13.1 Å². The van der Waals surface area contributed by atoms with Gasteiger partial charge in [0, 0.05) is 31.2 Å². The molecule has 1 aliphatic rings. The number of rotatable bonds is 10. The molecule has 0 aromatic heterocycles. The molecule has 2 N–H and O–H groups in total. The van der Waals surface area contributed by atoms with E-state index in [9.17, 15) is 4.79 Å². The van der Waals surface area contributed by atoms with E-state index < -0.39 is 0 Å². The summed E-state index contributed by atoms with van der Waals surface area (Å²) in [6.07, 6.45) is 7.58. The Morgan fingerprint density at radius 2 is 1.74 bits per heavy atom. The first-order valence-electron chi connectivity index (χ1n) is 11.9. The normalized spacial score (nSPS) is 14.7. The van der Waals surface area contributed by atoms with Crippen molar-refractivity contribution in [1.29, 1.82) is 0 Å². The first-order chi connectivity index (χ1) is 15.0.